The topological polar surface area (TPSA) is 3.24 Å². The van der Waals surface area contributed by atoms with E-state index >= 15 is 0 Å². The summed E-state index contributed by atoms with van der Waals surface area (Å²) in [6.45, 7) is 11.4. The monoisotopic (exact) mass is 249 g/mol. The Morgan fingerprint density at radius 1 is 0.938 bits per heavy atom. The Balaban J connectivity index is 2.20. The summed E-state index contributed by atoms with van der Waals surface area (Å²) in [6.07, 6.45) is 0. The standard InChI is InChI=1S/C13H23NSi2/c1-15(2)10-11-16(3,4)14(15)12-13-8-6-5-7-9-13/h5-9H,10-12H2,1-4H3. The molecular formula is C13H23NSi2. The highest BCUT2D eigenvalue weighted by molar-refractivity contribution is 6.95. The highest BCUT2D eigenvalue weighted by Gasteiger charge is 2.46. The fourth-order valence-corrected chi connectivity index (χ4v) is 16.8. The van der Waals surface area contributed by atoms with Crippen molar-refractivity contribution >= 4 is 16.5 Å². The minimum Gasteiger partial charge on any atom is -0.342 e. The van der Waals surface area contributed by atoms with Crippen molar-refractivity contribution in [2.75, 3.05) is 0 Å². The van der Waals surface area contributed by atoms with E-state index in [9.17, 15) is 0 Å². The van der Waals surface area contributed by atoms with Gasteiger partial charge in [-0.1, -0.05) is 56.5 Å². The first-order valence-electron chi connectivity index (χ1n) is 6.23. The van der Waals surface area contributed by atoms with Crippen LogP contribution in [0.5, 0.6) is 0 Å². The van der Waals surface area contributed by atoms with Crippen molar-refractivity contribution in [2.24, 2.45) is 0 Å². The van der Waals surface area contributed by atoms with Crippen molar-refractivity contribution in [3.8, 4) is 0 Å². The van der Waals surface area contributed by atoms with Crippen molar-refractivity contribution in [3.63, 3.8) is 0 Å². The maximum atomic E-state index is 2.93. The highest BCUT2D eigenvalue weighted by Crippen LogP contribution is 2.37. The van der Waals surface area contributed by atoms with Gasteiger partial charge in [0, 0.05) is 6.54 Å². The molecule has 0 N–H and O–H groups in total. The zero-order valence-electron chi connectivity index (χ0n) is 11.0. The first-order valence-corrected chi connectivity index (χ1v) is 12.5. The van der Waals surface area contributed by atoms with Crippen LogP contribution < -0.4 is 0 Å². The molecule has 2 rings (SSSR count). The Hall–Kier alpha value is -0.386. The van der Waals surface area contributed by atoms with Crippen LogP contribution in [0.4, 0.5) is 0 Å². The van der Waals surface area contributed by atoms with Gasteiger partial charge in [0.2, 0.25) is 0 Å². The molecule has 3 heteroatoms. The molecule has 0 amide bonds. The second kappa shape index (κ2) is 4.13. The van der Waals surface area contributed by atoms with Gasteiger partial charge in [0.1, 0.15) is 16.5 Å². The average Bonchev–Trinajstić information content (AvgIpc) is 2.43. The van der Waals surface area contributed by atoms with Gasteiger partial charge < -0.3 is 4.23 Å². The predicted octanol–water partition coefficient (Wildman–Crippen LogP) is 3.91. The van der Waals surface area contributed by atoms with Gasteiger partial charge >= 0.3 is 0 Å². The molecule has 0 bridgehead atoms. The summed E-state index contributed by atoms with van der Waals surface area (Å²) in [6, 6.07) is 14.0. The second-order valence-electron chi connectivity index (χ2n) is 6.20. The van der Waals surface area contributed by atoms with E-state index in [0.29, 0.717) is 0 Å². The van der Waals surface area contributed by atoms with Crippen LogP contribution in [-0.4, -0.2) is 20.7 Å². The first-order chi connectivity index (χ1) is 7.42. The minimum absolute atomic E-state index is 1.09. The van der Waals surface area contributed by atoms with Crippen LogP contribution in [0.3, 0.4) is 0 Å². The number of hydrogen-bond acceptors (Lipinski definition) is 1. The third-order valence-electron chi connectivity index (χ3n) is 3.99. The van der Waals surface area contributed by atoms with Gasteiger partial charge in [-0.25, -0.2) is 0 Å². The molecule has 0 unspecified atom stereocenters. The lowest BCUT2D eigenvalue weighted by molar-refractivity contribution is 0.624. The highest BCUT2D eigenvalue weighted by atomic mass is 28.4. The molecule has 1 saturated heterocycles. The van der Waals surface area contributed by atoms with Gasteiger partial charge in [0.15, 0.2) is 0 Å². The molecule has 1 aliphatic heterocycles. The van der Waals surface area contributed by atoms with Gasteiger partial charge in [0.05, 0.1) is 0 Å². The zero-order valence-corrected chi connectivity index (χ0v) is 13.0. The Morgan fingerprint density at radius 2 is 1.44 bits per heavy atom. The third kappa shape index (κ3) is 2.31. The largest absolute Gasteiger partial charge is 0.342 e. The van der Waals surface area contributed by atoms with Crippen LogP contribution in [0.15, 0.2) is 30.3 Å². The lowest BCUT2D eigenvalue weighted by Crippen LogP contribution is -2.54. The summed E-state index contributed by atoms with van der Waals surface area (Å²) in [5, 5.41) is 0. The molecular weight excluding hydrogens is 226 g/mol. The van der Waals surface area contributed by atoms with Crippen LogP contribution in [-0.2, 0) is 6.54 Å². The SMILES string of the molecule is C[Si]1(C)CC[Si](C)(C)N1Cc1ccccc1. The first kappa shape index (κ1) is 12.1. The molecule has 88 valence electrons. The fourth-order valence-electron chi connectivity index (χ4n) is 2.90. The van der Waals surface area contributed by atoms with Gasteiger partial charge in [0.25, 0.3) is 0 Å². The zero-order chi connectivity index (χ0) is 11.8. The van der Waals surface area contributed by atoms with Crippen molar-refractivity contribution < 1.29 is 0 Å². The average molecular weight is 250 g/mol. The Labute approximate surface area is 102 Å². The molecule has 0 aromatic heterocycles. The molecule has 1 aliphatic rings. The van der Waals surface area contributed by atoms with E-state index in [1.807, 2.05) is 0 Å². The molecule has 1 aromatic rings. The number of rotatable bonds is 2. The van der Waals surface area contributed by atoms with Crippen molar-refractivity contribution in [3.05, 3.63) is 35.9 Å². The molecule has 1 heterocycles. The molecule has 0 saturated carbocycles. The Bertz CT molecular complexity index is 343. The Kier molecular flexibility index (Phi) is 3.12. The molecule has 0 radical (unpaired) electrons. The van der Waals surface area contributed by atoms with Crippen molar-refractivity contribution in [2.45, 2.75) is 44.8 Å². The molecule has 0 spiro atoms. The quantitative estimate of drug-likeness (QED) is 0.718. The lowest BCUT2D eigenvalue weighted by atomic mass is 10.2. The second-order valence-corrected chi connectivity index (χ2v) is 16.0. The Morgan fingerprint density at radius 3 is 1.94 bits per heavy atom. The molecule has 0 atom stereocenters. The van der Waals surface area contributed by atoms with Crippen LogP contribution in [0.25, 0.3) is 0 Å². The number of benzene rings is 1. The van der Waals surface area contributed by atoms with E-state index in [4.69, 9.17) is 0 Å². The van der Waals surface area contributed by atoms with E-state index in [1.54, 1.807) is 0 Å². The minimum atomic E-state index is -1.09. The van der Waals surface area contributed by atoms with E-state index in [1.165, 1.54) is 24.2 Å². The third-order valence-corrected chi connectivity index (χ3v) is 14.3. The molecule has 1 nitrogen and oxygen atoms in total. The molecule has 0 aliphatic carbocycles. The van der Waals surface area contributed by atoms with Gasteiger partial charge in [-0.3, -0.25) is 0 Å². The fraction of sp³-hybridized carbons (Fsp3) is 0.538. The predicted molar refractivity (Wildman–Crippen MR) is 76.6 cm³/mol. The summed E-state index contributed by atoms with van der Waals surface area (Å²) in [5.74, 6) is 0. The van der Waals surface area contributed by atoms with E-state index in [-0.39, 0.29) is 0 Å². The maximum Gasteiger partial charge on any atom is 0.115 e. The lowest BCUT2D eigenvalue weighted by Gasteiger charge is -2.38. The number of hydrogen-bond donors (Lipinski definition) is 0. The van der Waals surface area contributed by atoms with Gasteiger partial charge in [-0.05, 0) is 17.7 Å². The van der Waals surface area contributed by atoms with E-state index in [2.05, 4.69) is 60.8 Å². The molecule has 1 fully saturated rings. The van der Waals surface area contributed by atoms with Gasteiger partial charge in [-0.2, -0.15) is 0 Å². The van der Waals surface area contributed by atoms with Crippen LogP contribution in [0.1, 0.15) is 5.56 Å². The summed E-state index contributed by atoms with van der Waals surface area (Å²) in [4.78, 5) is 0. The normalized spacial score (nSPS) is 23.5. The summed E-state index contributed by atoms with van der Waals surface area (Å²) in [7, 11) is -2.19. The summed E-state index contributed by atoms with van der Waals surface area (Å²) >= 11 is 0. The van der Waals surface area contributed by atoms with Crippen molar-refractivity contribution in [1.82, 2.24) is 4.23 Å². The summed E-state index contributed by atoms with van der Waals surface area (Å²) in [5.41, 5.74) is 1.49. The number of nitrogens with zero attached hydrogens (tertiary/aromatic N) is 1. The van der Waals surface area contributed by atoms with E-state index in [0.717, 1.165) is 0 Å². The smallest absolute Gasteiger partial charge is 0.115 e. The van der Waals surface area contributed by atoms with E-state index < -0.39 is 16.5 Å². The van der Waals surface area contributed by atoms with Gasteiger partial charge in [-0.15, -0.1) is 0 Å². The van der Waals surface area contributed by atoms with Crippen LogP contribution in [0.2, 0.25) is 38.3 Å². The van der Waals surface area contributed by atoms with Crippen LogP contribution in [0, 0.1) is 0 Å². The van der Waals surface area contributed by atoms with Crippen molar-refractivity contribution in [1.29, 1.82) is 0 Å². The summed E-state index contributed by atoms with van der Waals surface area (Å²) < 4.78 is 2.93. The van der Waals surface area contributed by atoms with Crippen LogP contribution >= 0.6 is 0 Å². The maximum absolute atomic E-state index is 2.93. The molecule has 16 heavy (non-hydrogen) atoms. The molecule has 1 aromatic carbocycles.